The first-order valence-electron chi connectivity index (χ1n) is 9.55. The minimum absolute atomic E-state index is 0.0927. The lowest BCUT2D eigenvalue weighted by atomic mass is 10.1. The summed E-state index contributed by atoms with van der Waals surface area (Å²) >= 11 is 6.78. The quantitative estimate of drug-likeness (QED) is 0.289. The van der Waals surface area contributed by atoms with Crippen LogP contribution in [0.3, 0.4) is 0 Å². The van der Waals surface area contributed by atoms with E-state index >= 15 is 0 Å². The maximum atomic E-state index is 13.7. The first-order chi connectivity index (χ1) is 15.5. The molecule has 0 radical (unpaired) electrons. The van der Waals surface area contributed by atoms with Gasteiger partial charge in [-0.15, -0.1) is 11.8 Å². The van der Waals surface area contributed by atoms with Gasteiger partial charge in [-0.05, 0) is 61.5 Å². The molecule has 1 unspecified atom stereocenters. The Bertz CT molecular complexity index is 1170. The Hall–Kier alpha value is -3.04. The Kier molecular flexibility index (Phi) is 7.65. The highest BCUT2D eigenvalue weighted by Gasteiger charge is 2.34. The first kappa shape index (κ1) is 24.6. The number of benzene rings is 3. The van der Waals surface area contributed by atoms with Crippen molar-refractivity contribution in [2.45, 2.75) is 23.2 Å². The average molecular weight is 497 g/mol. The maximum absolute atomic E-state index is 13.7. The zero-order chi connectivity index (χ0) is 24.2. The predicted molar refractivity (Wildman–Crippen MR) is 121 cm³/mol. The normalized spacial score (nSPS) is 12.2. The first-order valence-corrected chi connectivity index (χ1v) is 10.8. The van der Waals surface area contributed by atoms with Gasteiger partial charge in [-0.3, -0.25) is 9.59 Å². The van der Waals surface area contributed by atoms with E-state index in [2.05, 4.69) is 10.6 Å². The second kappa shape index (κ2) is 10.3. The highest BCUT2D eigenvalue weighted by Crippen LogP contribution is 2.37. The van der Waals surface area contributed by atoms with E-state index in [1.165, 1.54) is 24.3 Å². The molecule has 0 fully saturated rings. The topological polar surface area (TPSA) is 58.2 Å². The Labute approximate surface area is 196 Å². The molecule has 33 heavy (non-hydrogen) atoms. The summed E-state index contributed by atoms with van der Waals surface area (Å²) in [5.74, 6) is -1.87. The van der Waals surface area contributed by atoms with Crippen LogP contribution in [0.15, 0.2) is 71.6 Å². The highest BCUT2D eigenvalue weighted by atomic mass is 35.5. The molecular formula is C23H17ClF4N2O2S. The number of alkyl halides is 3. The van der Waals surface area contributed by atoms with E-state index in [-0.39, 0.29) is 16.3 Å². The molecule has 172 valence electrons. The van der Waals surface area contributed by atoms with Crippen LogP contribution in [-0.2, 0) is 11.0 Å². The fourth-order valence-corrected chi connectivity index (χ4v) is 3.85. The Morgan fingerprint density at radius 1 is 0.970 bits per heavy atom. The molecule has 0 saturated heterocycles. The van der Waals surface area contributed by atoms with Gasteiger partial charge >= 0.3 is 6.18 Å². The fourth-order valence-electron chi connectivity index (χ4n) is 2.81. The van der Waals surface area contributed by atoms with Gasteiger partial charge in [-0.2, -0.15) is 13.2 Å². The molecule has 2 amide bonds. The molecule has 3 rings (SSSR count). The molecule has 3 aromatic carbocycles. The number of amides is 2. The van der Waals surface area contributed by atoms with E-state index < -0.39 is 34.6 Å². The number of nitrogens with one attached hydrogen (secondary N) is 2. The van der Waals surface area contributed by atoms with Crippen LogP contribution >= 0.6 is 23.4 Å². The molecule has 0 aliphatic rings. The van der Waals surface area contributed by atoms with Crippen molar-refractivity contribution < 1.29 is 27.2 Å². The number of hydrogen-bond acceptors (Lipinski definition) is 3. The molecule has 1 atom stereocenters. The molecule has 4 nitrogen and oxygen atoms in total. The van der Waals surface area contributed by atoms with Crippen molar-refractivity contribution >= 4 is 46.6 Å². The third-order valence-electron chi connectivity index (χ3n) is 4.46. The van der Waals surface area contributed by atoms with Crippen molar-refractivity contribution in [3.63, 3.8) is 0 Å². The summed E-state index contributed by atoms with van der Waals surface area (Å²) < 4.78 is 53.4. The van der Waals surface area contributed by atoms with Gasteiger partial charge in [-0.25, -0.2) is 4.39 Å². The number of hydrogen-bond donors (Lipinski definition) is 2. The molecule has 0 heterocycles. The van der Waals surface area contributed by atoms with Crippen LogP contribution in [0, 0.1) is 5.82 Å². The zero-order valence-corrected chi connectivity index (χ0v) is 18.6. The Balaban J connectivity index is 1.63. The number of carbonyl (C=O) groups excluding carboxylic acids is 2. The van der Waals surface area contributed by atoms with Gasteiger partial charge in [0.25, 0.3) is 5.91 Å². The fraction of sp³-hybridized carbons (Fsp3) is 0.130. The lowest BCUT2D eigenvalue weighted by Gasteiger charge is -2.17. The molecule has 2 N–H and O–H groups in total. The number of carbonyl (C=O) groups is 2. The van der Waals surface area contributed by atoms with Crippen LogP contribution in [-0.4, -0.2) is 17.1 Å². The van der Waals surface area contributed by atoms with E-state index in [0.29, 0.717) is 10.6 Å². The van der Waals surface area contributed by atoms with E-state index in [0.717, 1.165) is 23.9 Å². The average Bonchev–Trinajstić information content (AvgIpc) is 2.75. The summed E-state index contributed by atoms with van der Waals surface area (Å²) in [6.45, 7) is 1.55. The molecule has 0 spiro atoms. The molecular weight excluding hydrogens is 480 g/mol. The molecule has 10 heteroatoms. The minimum Gasteiger partial charge on any atom is -0.325 e. The highest BCUT2D eigenvalue weighted by molar-refractivity contribution is 8.00. The van der Waals surface area contributed by atoms with Gasteiger partial charge < -0.3 is 10.6 Å². The second-order valence-electron chi connectivity index (χ2n) is 6.90. The Morgan fingerprint density at radius 2 is 1.64 bits per heavy atom. The van der Waals surface area contributed by atoms with E-state index in [9.17, 15) is 27.2 Å². The van der Waals surface area contributed by atoms with E-state index in [1.807, 2.05) is 0 Å². The second-order valence-corrected chi connectivity index (χ2v) is 8.75. The van der Waals surface area contributed by atoms with Gasteiger partial charge in [0, 0.05) is 15.6 Å². The third-order valence-corrected chi connectivity index (χ3v) is 5.80. The minimum atomic E-state index is -4.67. The number of anilines is 2. The van der Waals surface area contributed by atoms with Crippen LogP contribution in [0.5, 0.6) is 0 Å². The number of halogens is 5. The lowest BCUT2D eigenvalue weighted by Crippen LogP contribution is -2.24. The standard InChI is InChI=1S/C23H17ClF4N2O2S/c1-13(21(31)30-20-11-6-14(24)12-18(20)23(26,27)28)33-16-9-7-15(8-10-16)29-22(32)17-4-2-3-5-19(17)25/h2-13H,1H3,(H,29,32)(H,30,31). The van der Waals surface area contributed by atoms with Crippen molar-refractivity contribution in [1.82, 2.24) is 0 Å². The van der Waals surface area contributed by atoms with Crippen LogP contribution in [0.2, 0.25) is 5.02 Å². The molecule has 0 saturated carbocycles. The summed E-state index contributed by atoms with van der Waals surface area (Å²) in [6.07, 6.45) is -4.67. The number of rotatable bonds is 6. The van der Waals surface area contributed by atoms with Crippen LogP contribution in [0.25, 0.3) is 0 Å². The SMILES string of the molecule is CC(Sc1ccc(NC(=O)c2ccccc2F)cc1)C(=O)Nc1ccc(Cl)cc1C(F)(F)F. The largest absolute Gasteiger partial charge is 0.418 e. The zero-order valence-electron chi connectivity index (χ0n) is 17.0. The van der Waals surface area contributed by atoms with Gasteiger partial charge in [0.1, 0.15) is 5.82 Å². The lowest BCUT2D eigenvalue weighted by molar-refractivity contribution is -0.137. The van der Waals surface area contributed by atoms with Crippen LogP contribution in [0.1, 0.15) is 22.8 Å². The molecule has 3 aromatic rings. The molecule has 0 aliphatic heterocycles. The monoisotopic (exact) mass is 496 g/mol. The van der Waals surface area contributed by atoms with Crippen molar-refractivity contribution in [3.05, 3.63) is 88.7 Å². The van der Waals surface area contributed by atoms with Gasteiger partial charge in [0.05, 0.1) is 22.1 Å². The van der Waals surface area contributed by atoms with Gasteiger partial charge in [-0.1, -0.05) is 23.7 Å². The van der Waals surface area contributed by atoms with Crippen LogP contribution in [0.4, 0.5) is 28.9 Å². The summed E-state index contributed by atoms with van der Waals surface area (Å²) in [6, 6.07) is 15.1. The van der Waals surface area contributed by atoms with Crippen molar-refractivity contribution in [1.29, 1.82) is 0 Å². The smallest absolute Gasteiger partial charge is 0.325 e. The number of thioether (sulfide) groups is 1. The van der Waals surface area contributed by atoms with Crippen LogP contribution < -0.4 is 10.6 Å². The molecule has 0 aliphatic carbocycles. The van der Waals surface area contributed by atoms with E-state index in [1.54, 1.807) is 37.3 Å². The molecule has 0 bridgehead atoms. The van der Waals surface area contributed by atoms with Crippen molar-refractivity contribution in [2.24, 2.45) is 0 Å². The maximum Gasteiger partial charge on any atom is 0.418 e. The summed E-state index contributed by atoms with van der Waals surface area (Å²) in [5, 5.41) is 4.06. The van der Waals surface area contributed by atoms with Crippen molar-refractivity contribution in [2.75, 3.05) is 10.6 Å². The van der Waals surface area contributed by atoms with E-state index in [4.69, 9.17) is 11.6 Å². The summed E-state index contributed by atoms with van der Waals surface area (Å²) in [4.78, 5) is 25.3. The molecule has 0 aromatic heterocycles. The summed E-state index contributed by atoms with van der Waals surface area (Å²) in [5.41, 5.74) is -1.09. The summed E-state index contributed by atoms with van der Waals surface area (Å²) in [7, 11) is 0. The predicted octanol–water partition coefficient (Wildman–Crippen LogP) is 6.87. The van der Waals surface area contributed by atoms with Gasteiger partial charge in [0.15, 0.2) is 0 Å². The van der Waals surface area contributed by atoms with Crippen molar-refractivity contribution in [3.8, 4) is 0 Å². The van der Waals surface area contributed by atoms with Gasteiger partial charge in [0.2, 0.25) is 5.91 Å². The Morgan fingerprint density at radius 3 is 2.27 bits per heavy atom. The third kappa shape index (κ3) is 6.49.